The number of alkyl halides is 1. The van der Waals surface area contributed by atoms with Gasteiger partial charge >= 0.3 is 0 Å². The van der Waals surface area contributed by atoms with Gasteiger partial charge in [0.05, 0.1) is 30.6 Å². The number of ether oxygens (including phenoxy) is 1. The van der Waals surface area contributed by atoms with Gasteiger partial charge in [-0.3, -0.25) is 14.4 Å². The highest BCUT2D eigenvalue weighted by molar-refractivity contribution is 9.09. The summed E-state index contributed by atoms with van der Waals surface area (Å²) in [6.45, 7) is 14.4. The van der Waals surface area contributed by atoms with Crippen LogP contribution in [0.5, 0.6) is 0 Å². The van der Waals surface area contributed by atoms with Crippen molar-refractivity contribution in [3.63, 3.8) is 0 Å². The minimum atomic E-state index is -1.18. The van der Waals surface area contributed by atoms with Gasteiger partial charge in [0.2, 0.25) is 17.7 Å². The third-order valence-corrected chi connectivity index (χ3v) is 9.40. The minimum absolute atomic E-state index is 0.150. The Kier molecular flexibility index (Phi) is 9.58. The Hall–Kier alpha value is -2.49. The third kappa shape index (κ3) is 5.16. The quantitative estimate of drug-likeness (QED) is 0.272. The highest BCUT2D eigenvalue weighted by Crippen LogP contribution is 2.61. The van der Waals surface area contributed by atoms with Crippen molar-refractivity contribution in [1.82, 2.24) is 14.7 Å². The van der Waals surface area contributed by atoms with Gasteiger partial charge in [-0.15, -0.1) is 13.2 Å². The number of carbonyl (C=O) groups is 3. The van der Waals surface area contributed by atoms with E-state index < -0.39 is 35.6 Å². The Bertz CT molecular complexity index is 1110. The zero-order chi connectivity index (χ0) is 29.2. The summed E-state index contributed by atoms with van der Waals surface area (Å²) >= 11 is 3.75. The van der Waals surface area contributed by atoms with Crippen molar-refractivity contribution in [2.45, 2.75) is 74.7 Å². The van der Waals surface area contributed by atoms with Gasteiger partial charge in [-0.25, -0.2) is 0 Å². The van der Waals surface area contributed by atoms with Crippen molar-refractivity contribution in [3.05, 3.63) is 61.2 Å². The average Bonchev–Trinajstić information content (AvgIpc) is 3.53. The topological polar surface area (TPSA) is 90.4 Å². The van der Waals surface area contributed by atoms with Gasteiger partial charge in [0.1, 0.15) is 11.6 Å². The van der Waals surface area contributed by atoms with Crippen LogP contribution in [0.1, 0.15) is 39.2 Å². The van der Waals surface area contributed by atoms with Crippen LogP contribution >= 0.6 is 15.9 Å². The number of hydrogen-bond acceptors (Lipinski definition) is 5. The van der Waals surface area contributed by atoms with Gasteiger partial charge in [0.25, 0.3) is 0 Å². The molecule has 8 nitrogen and oxygen atoms in total. The summed E-state index contributed by atoms with van der Waals surface area (Å²) in [5.74, 6) is -2.26. The number of likely N-dealkylation sites (tertiary alicyclic amines) is 1. The fourth-order valence-electron chi connectivity index (χ4n) is 6.94. The Morgan fingerprint density at radius 3 is 2.45 bits per heavy atom. The molecule has 3 aliphatic rings. The SMILES string of the molecule is C=CCN(CCC)C(=O)[C@H]1[C@@H]2OC3(CC2Br)C(C(=O)N(CC=C)C(C)C)N([C@@H](CO)Cc2ccccc2)C(=O)[C@H]13. The minimum Gasteiger partial charge on any atom is -0.394 e. The standard InChI is InChI=1S/C31H42BrN3O5/c1-6-14-33(15-7-2)28(37)24-25-29(38)35(22(19-36)17-21-12-10-9-11-13-21)27(30(39)34(16-8-3)20(4)5)31(25)18-23(32)26(24)40-31/h6,8-13,20,22-27,36H,1,3,7,14-19H2,2,4-5H3/t22-,23?,24-,25+,26-,27?,31?/m1/s1. The van der Waals surface area contributed by atoms with E-state index in [9.17, 15) is 19.5 Å². The average molecular weight is 617 g/mol. The molecule has 1 aromatic rings. The number of nitrogens with zero attached hydrogens (tertiary/aromatic N) is 3. The van der Waals surface area contributed by atoms with Crippen LogP contribution in [0.15, 0.2) is 55.6 Å². The summed E-state index contributed by atoms with van der Waals surface area (Å²) < 4.78 is 6.69. The molecule has 1 aromatic carbocycles. The van der Waals surface area contributed by atoms with Gasteiger partial charge in [0, 0.05) is 30.5 Å². The fourth-order valence-corrected chi connectivity index (χ4v) is 7.88. The van der Waals surface area contributed by atoms with Crippen molar-refractivity contribution >= 4 is 33.7 Å². The molecule has 3 unspecified atom stereocenters. The van der Waals surface area contributed by atoms with Gasteiger partial charge in [0.15, 0.2) is 0 Å². The second-order valence-electron chi connectivity index (χ2n) is 11.4. The molecule has 3 fully saturated rings. The first-order chi connectivity index (χ1) is 19.2. The van der Waals surface area contributed by atoms with E-state index in [0.717, 1.165) is 12.0 Å². The van der Waals surface area contributed by atoms with Crippen molar-refractivity contribution in [2.24, 2.45) is 11.8 Å². The highest BCUT2D eigenvalue weighted by Gasteiger charge is 2.77. The van der Waals surface area contributed by atoms with Crippen molar-refractivity contribution in [2.75, 3.05) is 26.2 Å². The number of carbonyl (C=O) groups excluding carboxylic acids is 3. The van der Waals surface area contributed by atoms with Crippen molar-refractivity contribution in [1.29, 1.82) is 0 Å². The lowest BCUT2D eigenvalue weighted by Gasteiger charge is -2.40. The molecule has 40 heavy (non-hydrogen) atoms. The normalized spacial score (nSPS) is 29.4. The zero-order valence-electron chi connectivity index (χ0n) is 23.7. The lowest BCUT2D eigenvalue weighted by atomic mass is 9.70. The molecule has 7 atom stereocenters. The molecule has 3 aliphatic heterocycles. The van der Waals surface area contributed by atoms with E-state index in [1.54, 1.807) is 26.9 Å². The Labute approximate surface area is 246 Å². The molecule has 4 rings (SSSR count). The zero-order valence-corrected chi connectivity index (χ0v) is 25.3. The van der Waals surface area contributed by atoms with E-state index in [0.29, 0.717) is 32.5 Å². The molecule has 0 saturated carbocycles. The molecule has 9 heteroatoms. The fraction of sp³-hybridized carbons (Fsp3) is 0.581. The molecule has 1 N–H and O–H groups in total. The first kappa shape index (κ1) is 30.5. The molecule has 0 aromatic heterocycles. The summed E-state index contributed by atoms with van der Waals surface area (Å²) in [6.07, 6.45) is 4.39. The van der Waals surface area contributed by atoms with E-state index in [2.05, 4.69) is 29.1 Å². The summed E-state index contributed by atoms with van der Waals surface area (Å²) in [5.41, 5.74) is -0.240. The molecule has 1 spiro atoms. The van der Waals surface area contributed by atoms with E-state index >= 15 is 0 Å². The van der Waals surface area contributed by atoms with E-state index in [1.165, 1.54) is 0 Å². The number of rotatable bonds is 13. The molecular weight excluding hydrogens is 574 g/mol. The molecule has 3 heterocycles. The molecule has 2 bridgehead atoms. The van der Waals surface area contributed by atoms with Crippen LogP contribution < -0.4 is 0 Å². The molecule has 3 amide bonds. The van der Waals surface area contributed by atoms with Crippen molar-refractivity contribution in [3.8, 4) is 0 Å². The summed E-state index contributed by atoms with van der Waals surface area (Å²) in [7, 11) is 0. The predicted octanol–water partition coefficient (Wildman–Crippen LogP) is 3.19. The number of benzene rings is 1. The number of aliphatic hydroxyl groups excluding tert-OH is 1. The molecule has 218 valence electrons. The first-order valence-corrected chi connectivity index (χ1v) is 15.2. The van der Waals surface area contributed by atoms with Crippen LogP contribution in [0, 0.1) is 11.8 Å². The predicted molar refractivity (Wildman–Crippen MR) is 158 cm³/mol. The van der Waals surface area contributed by atoms with E-state index in [4.69, 9.17) is 4.74 Å². The maximum atomic E-state index is 14.5. The summed E-state index contributed by atoms with van der Waals surface area (Å²) in [5, 5.41) is 10.6. The van der Waals surface area contributed by atoms with Crippen molar-refractivity contribution < 1.29 is 24.2 Å². The van der Waals surface area contributed by atoms with Gasteiger partial charge in [-0.2, -0.15) is 0 Å². The van der Waals surface area contributed by atoms with Gasteiger partial charge in [-0.1, -0.05) is 65.3 Å². The van der Waals surface area contributed by atoms with Crippen LogP contribution in [-0.2, 0) is 25.5 Å². The van der Waals surface area contributed by atoms with Gasteiger partial charge in [-0.05, 0) is 38.7 Å². The Morgan fingerprint density at radius 2 is 1.88 bits per heavy atom. The monoisotopic (exact) mass is 615 g/mol. The smallest absolute Gasteiger partial charge is 0.248 e. The van der Waals surface area contributed by atoms with Crippen LogP contribution in [-0.4, -0.2) is 98.4 Å². The largest absolute Gasteiger partial charge is 0.394 e. The molecule has 0 radical (unpaired) electrons. The van der Waals surface area contributed by atoms with Gasteiger partial charge < -0.3 is 24.5 Å². The third-order valence-electron chi connectivity index (χ3n) is 8.55. The van der Waals surface area contributed by atoms with Crippen LogP contribution in [0.3, 0.4) is 0 Å². The Balaban J connectivity index is 1.82. The number of hydrogen-bond donors (Lipinski definition) is 1. The van der Waals surface area contributed by atoms with E-state index in [1.807, 2.05) is 51.1 Å². The molecule has 0 aliphatic carbocycles. The van der Waals surface area contributed by atoms with Crippen LogP contribution in [0.2, 0.25) is 0 Å². The maximum Gasteiger partial charge on any atom is 0.248 e. The lowest BCUT2D eigenvalue weighted by molar-refractivity contribution is -0.152. The number of amides is 3. The molecule has 3 saturated heterocycles. The highest BCUT2D eigenvalue weighted by atomic mass is 79.9. The summed E-state index contributed by atoms with van der Waals surface area (Å²) in [4.78, 5) is 47.8. The number of fused-ring (bicyclic) bond motifs is 1. The molecular formula is C31H42BrN3O5. The number of halogens is 1. The number of aliphatic hydroxyl groups is 1. The lowest BCUT2D eigenvalue weighted by Crippen LogP contribution is -2.60. The van der Waals surface area contributed by atoms with E-state index in [-0.39, 0.29) is 35.2 Å². The van der Waals surface area contributed by atoms with Crippen LogP contribution in [0.25, 0.3) is 0 Å². The maximum absolute atomic E-state index is 14.5. The second-order valence-corrected chi connectivity index (χ2v) is 12.6. The second kappa shape index (κ2) is 12.6. The summed E-state index contributed by atoms with van der Waals surface area (Å²) in [6, 6.07) is 7.83. The first-order valence-electron chi connectivity index (χ1n) is 14.3. The Morgan fingerprint density at radius 1 is 1.20 bits per heavy atom. The van der Waals surface area contributed by atoms with Crippen LogP contribution in [0.4, 0.5) is 0 Å².